The topological polar surface area (TPSA) is 130 Å². The van der Waals surface area contributed by atoms with Gasteiger partial charge in [-0.2, -0.15) is 0 Å². The lowest BCUT2D eigenvalue weighted by atomic mass is 10.0. The Kier molecular flexibility index (Phi) is 6.42. The molecular weight excluding hydrogens is 400 g/mol. The summed E-state index contributed by atoms with van der Waals surface area (Å²) in [5, 5.41) is 32.9. The number of para-hydroxylation sites is 1. The molecule has 10 nitrogen and oxygen atoms in total. The van der Waals surface area contributed by atoms with Gasteiger partial charge in [0.15, 0.2) is 0 Å². The standard InChI is InChI=1S/C21H28N6O4/c1-13-20(21(30)25-18-8-9-22-12-23-18)27-19(24-13)7-6-16(26-27)15-4-2-3-5-17(15)31-11-14(29)10-28/h2-9,14,16,18-19,22-24,26,28-29H,10-12H2,1H3,(H,25,30)/t14-,16?,18?,19?/m1/s1. The van der Waals surface area contributed by atoms with Crippen LogP contribution in [0.15, 0.2) is 60.1 Å². The highest BCUT2D eigenvalue weighted by atomic mass is 16.5. The van der Waals surface area contributed by atoms with Crippen molar-refractivity contribution in [2.45, 2.75) is 31.4 Å². The smallest absolute Gasteiger partial charge is 0.272 e. The largest absolute Gasteiger partial charge is 0.490 e. The lowest BCUT2D eigenvalue weighted by Gasteiger charge is -2.35. The number of carbonyl (C=O) groups excluding carboxylic acids is 1. The average Bonchev–Trinajstić information content (AvgIpc) is 3.13. The molecule has 3 aliphatic heterocycles. The first-order valence-corrected chi connectivity index (χ1v) is 10.2. The number of nitrogens with one attached hydrogen (secondary N) is 5. The number of amides is 1. The number of benzene rings is 1. The molecule has 166 valence electrons. The molecule has 3 heterocycles. The Morgan fingerprint density at radius 2 is 2.16 bits per heavy atom. The molecular formula is C21H28N6O4. The molecule has 1 aromatic rings. The van der Waals surface area contributed by atoms with E-state index < -0.39 is 6.10 Å². The van der Waals surface area contributed by atoms with Gasteiger partial charge in [-0.3, -0.25) is 15.1 Å². The summed E-state index contributed by atoms with van der Waals surface area (Å²) >= 11 is 0. The van der Waals surface area contributed by atoms with E-state index in [1.165, 1.54) is 0 Å². The lowest BCUT2D eigenvalue weighted by molar-refractivity contribution is -0.120. The molecule has 0 fully saturated rings. The van der Waals surface area contributed by atoms with Gasteiger partial charge in [0, 0.05) is 11.3 Å². The van der Waals surface area contributed by atoms with Crippen LogP contribution < -0.4 is 31.4 Å². The summed E-state index contributed by atoms with van der Waals surface area (Å²) in [4.78, 5) is 13.0. The molecule has 7 N–H and O–H groups in total. The Bertz CT molecular complexity index is 902. The molecule has 0 aromatic heterocycles. The first-order chi connectivity index (χ1) is 15.1. The van der Waals surface area contributed by atoms with E-state index in [-0.39, 0.29) is 37.5 Å². The molecule has 1 aromatic carbocycles. The summed E-state index contributed by atoms with van der Waals surface area (Å²) in [5.74, 6) is 0.396. The predicted molar refractivity (Wildman–Crippen MR) is 114 cm³/mol. The van der Waals surface area contributed by atoms with Crippen molar-refractivity contribution >= 4 is 5.91 Å². The third-order valence-corrected chi connectivity index (χ3v) is 5.23. The SMILES string of the molecule is CC1=C(C(=O)NC2C=CNCN2)N2NC(c3ccccc3OC[C@H](O)CO)C=CC2N1. The van der Waals surface area contributed by atoms with Crippen LogP contribution in [0.25, 0.3) is 0 Å². The fourth-order valence-electron chi connectivity index (χ4n) is 3.69. The summed E-state index contributed by atoms with van der Waals surface area (Å²) in [5.41, 5.74) is 5.54. The number of hydrogen-bond donors (Lipinski definition) is 7. The number of aliphatic hydroxyl groups excluding tert-OH is 2. The van der Waals surface area contributed by atoms with E-state index in [0.29, 0.717) is 18.1 Å². The number of rotatable bonds is 7. The van der Waals surface area contributed by atoms with Gasteiger partial charge in [-0.1, -0.05) is 24.3 Å². The van der Waals surface area contributed by atoms with Crippen LogP contribution in [0, 0.1) is 0 Å². The Balaban J connectivity index is 1.50. The Hall–Kier alpha value is -3.05. The Morgan fingerprint density at radius 3 is 2.94 bits per heavy atom. The predicted octanol–water partition coefficient (Wildman–Crippen LogP) is -0.897. The van der Waals surface area contributed by atoms with Crippen LogP contribution in [-0.2, 0) is 4.79 Å². The lowest BCUT2D eigenvalue weighted by Crippen LogP contribution is -2.54. The van der Waals surface area contributed by atoms with E-state index in [1.54, 1.807) is 6.20 Å². The molecule has 0 aliphatic carbocycles. The van der Waals surface area contributed by atoms with Crippen molar-refractivity contribution in [2.24, 2.45) is 0 Å². The van der Waals surface area contributed by atoms with Crippen molar-refractivity contribution in [2.75, 3.05) is 19.9 Å². The number of hydrazine groups is 1. The molecule has 0 radical (unpaired) electrons. The van der Waals surface area contributed by atoms with Gasteiger partial charge in [-0.15, -0.1) is 0 Å². The van der Waals surface area contributed by atoms with Gasteiger partial charge in [0.25, 0.3) is 5.91 Å². The highest BCUT2D eigenvalue weighted by Gasteiger charge is 2.37. The first kappa shape index (κ1) is 21.2. The second-order valence-electron chi connectivity index (χ2n) is 7.50. The number of hydrogen-bond acceptors (Lipinski definition) is 9. The minimum absolute atomic E-state index is 0.0126. The van der Waals surface area contributed by atoms with Gasteiger partial charge < -0.3 is 30.9 Å². The average molecular weight is 428 g/mol. The monoisotopic (exact) mass is 428 g/mol. The third kappa shape index (κ3) is 4.67. The van der Waals surface area contributed by atoms with Crippen LogP contribution in [0.3, 0.4) is 0 Å². The van der Waals surface area contributed by atoms with Crippen LogP contribution in [0.1, 0.15) is 18.5 Å². The van der Waals surface area contributed by atoms with Crippen LogP contribution in [0.5, 0.6) is 5.75 Å². The number of ether oxygens (including phenoxy) is 1. The highest BCUT2D eigenvalue weighted by molar-refractivity contribution is 5.94. The molecule has 3 unspecified atom stereocenters. The van der Waals surface area contributed by atoms with Crippen molar-refractivity contribution in [3.63, 3.8) is 0 Å². The number of aliphatic hydroxyl groups is 2. The number of fused-ring (bicyclic) bond motifs is 1. The molecule has 3 aliphatic rings. The molecule has 4 rings (SSSR count). The van der Waals surface area contributed by atoms with Crippen LogP contribution in [-0.4, -0.2) is 59.4 Å². The van der Waals surface area contributed by atoms with Crippen LogP contribution >= 0.6 is 0 Å². The van der Waals surface area contributed by atoms with Gasteiger partial charge in [0.2, 0.25) is 0 Å². The summed E-state index contributed by atoms with van der Waals surface area (Å²) in [6, 6.07) is 7.24. The first-order valence-electron chi connectivity index (χ1n) is 10.2. The van der Waals surface area contributed by atoms with E-state index >= 15 is 0 Å². The molecule has 0 saturated carbocycles. The second-order valence-corrected chi connectivity index (χ2v) is 7.50. The molecule has 0 saturated heterocycles. The van der Waals surface area contributed by atoms with Crippen molar-refractivity contribution in [1.82, 2.24) is 31.7 Å². The normalized spacial score (nSPS) is 25.5. The summed E-state index contributed by atoms with van der Waals surface area (Å²) in [6.07, 6.45) is 6.26. The van der Waals surface area contributed by atoms with Gasteiger partial charge in [-0.05, 0) is 31.3 Å². The molecule has 1 amide bonds. The van der Waals surface area contributed by atoms with Gasteiger partial charge >= 0.3 is 0 Å². The second kappa shape index (κ2) is 9.40. The van der Waals surface area contributed by atoms with Crippen LogP contribution in [0.2, 0.25) is 0 Å². The van der Waals surface area contributed by atoms with Gasteiger partial charge in [0.1, 0.15) is 36.5 Å². The van der Waals surface area contributed by atoms with E-state index in [4.69, 9.17) is 9.84 Å². The summed E-state index contributed by atoms with van der Waals surface area (Å²) in [7, 11) is 0. The number of carbonyl (C=O) groups is 1. The van der Waals surface area contributed by atoms with Crippen molar-refractivity contribution in [3.8, 4) is 5.75 Å². The minimum atomic E-state index is -0.950. The Morgan fingerprint density at radius 1 is 1.32 bits per heavy atom. The maximum absolute atomic E-state index is 13.0. The number of allylic oxidation sites excluding steroid dienone is 1. The molecule has 31 heavy (non-hydrogen) atoms. The zero-order valence-electron chi connectivity index (χ0n) is 17.2. The minimum Gasteiger partial charge on any atom is -0.490 e. The van der Waals surface area contributed by atoms with E-state index in [1.807, 2.05) is 54.4 Å². The van der Waals surface area contributed by atoms with Crippen molar-refractivity contribution in [1.29, 1.82) is 0 Å². The number of nitrogens with zero attached hydrogens (tertiary/aromatic N) is 1. The summed E-state index contributed by atoms with van der Waals surface area (Å²) in [6.45, 7) is 2.07. The van der Waals surface area contributed by atoms with E-state index in [0.717, 1.165) is 11.3 Å². The fourth-order valence-corrected chi connectivity index (χ4v) is 3.69. The Labute approximate surface area is 180 Å². The van der Waals surface area contributed by atoms with Gasteiger partial charge in [-0.25, -0.2) is 5.43 Å². The highest BCUT2D eigenvalue weighted by Crippen LogP contribution is 2.32. The van der Waals surface area contributed by atoms with E-state index in [9.17, 15) is 9.90 Å². The van der Waals surface area contributed by atoms with Crippen molar-refractivity contribution < 1.29 is 19.7 Å². The van der Waals surface area contributed by atoms with Crippen LogP contribution in [0.4, 0.5) is 0 Å². The molecule has 0 spiro atoms. The zero-order valence-corrected chi connectivity index (χ0v) is 17.2. The maximum Gasteiger partial charge on any atom is 0.272 e. The fraction of sp³-hybridized carbons (Fsp3) is 0.381. The van der Waals surface area contributed by atoms with Gasteiger partial charge in [0.05, 0.1) is 19.3 Å². The third-order valence-electron chi connectivity index (χ3n) is 5.23. The maximum atomic E-state index is 13.0. The molecule has 10 heteroatoms. The molecule has 0 bridgehead atoms. The zero-order chi connectivity index (χ0) is 21.8. The van der Waals surface area contributed by atoms with Crippen molar-refractivity contribution in [3.05, 3.63) is 65.7 Å². The summed E-state index contributed by atoms with van der Waals surface area (Å²) < 4.78 is 5.72. The quantitative estimate of drug-likeness (QED) is 0.276. The molecule has 4 atom stereocenters. The van der Waals surface area contributed by atoms with E-state index in [2.05, 4.69) is 26.7 Å².